The number of imide groups is 2. The molecule has 21 rings (SSSR count). The summed E-state index contributed by atoms with van der Waals surface area (Å²) in [6.07, 6.45) is -1.37. The number of amides is 6. The van der Waals surface area contributed by atoms with Gasteiger partial charge in [-0.05, 0) is 78.9 Å². The van der Waals surface area contributed by atoms with Crippen molar-refractivity contribution in [3.8, 4) is 34.2 Å². The van der Waals surface area contributed by atoms with E-state index in [2.05, 4.69) is 67.2 Å². The van der Waals surface area contributed by atoms with Gasteiger partial charge in [0.15, 0.2) is 28.9 Å². The second kappa shape index (κ2) is 26.0. The first kappa shape index (κ1) is 63.1. The molecule has 22 heteroatoms. The quantitative estimate of drug-likeness (QED) is 0.0707. The largest absolute Gasteiger partial charge is 0.363 e. The van der Waals surface area contributed by atoms with Gasteiger partial charge < -0.3 is 20.4 Å². The van der Waals surface area contributed by atoms with E-state index in [1.807, 2.05) is 223 Å². The second-order valence-corrected chi connectivity index (χ2v) is 24.8. The van der Waals surface area contributed by atoms with Crippen molar-refractivity contribution in [2.75, 3.05) is 10.6 Å². The molecule has 5 aliphatic heterocycles. The summed E-state index contributed by atoms with van der Waals surface area (Å²) >= 11 is 0. The summed E-state index contributed by atoms with van der Waals surface area (Å²) in [6.45, 7) is 0. The van der Waals surface area contributed by atoms with E-state index in [0.29, 0.717) is 73.0 Å². The number of rotatable bonds is 3. The molecule has 5 aliphatic rings. The van der Waals surface area contributed by atoms with Crippen LogP contribution in [0.2, 0.25) is 0 Å². The Hall–Kier alpha value is -14.4. The van der Waals surface area contributed by atoms with Crippen LogP contribution in [0, 0.1) is 11.8 Å². The van der Waals surface area contributed by atoms with Crippen LogP contribution in [0.1, 0.15) is 64.8 Å². The maximum atomic E-state index is 13.0. The number of carbonyl (C=O) groups is 7. The molecule has 0 aliphatic carbocycles. The van der Waals surface area contributed by atoms with Gasteiger partial charge in [-0.15, -0.1) is 0 Å². The summed E-state index contributed by atoms with van der Waals surface area (Å²) in [5, 5.41) is 12.5. The molecule has 6 amide bonds. The number of hydrogen-bond donors (Lipinski definition) is 6. The normalized spacial score (nSPS) is 16.5. The topological polar surface area (TPSA) is 307 Å². The van der Waals surface area contributed by atoms with E-state index in [9.17, 15) is 38.4 Å². The molecule has 6 N–H and O–H groups in total. The molecule has 104 heavy (non-hydrogen) atoms. The van der Waals surface area contributed by atoms with Crippen LogP contribution in [0.25, 0.3) is 106 Å². The molecular weight excluding hydrogens is 1310 g/mol. The molecule has 10 heterocycles. The minimum absolute atomic E-state index is 0.103. The van der Waals surface area contributed by atoms with Crippen LogP contribution in [0.5, 0.6) is 0 Å². The number of para-hydroxylation sites is 8. The molecule has 5 aromatic heterocycles. The van der Waals surface area contributed by atoms with Gasteiger partial charge in [0, 0.05) is 83.1 Å². The van der Waals surface area contributed by atoms with Crippen molar-refractivity contribution in [1.29, 1.82) is 0 Å². The maximum Gasteiger partial charge on any atom is 0.260 e. The second-order valence-electron chi connectivity index (χ2n) is 24.8. The Morgan fingerprint density at radius 3 is 1.24 bits per heavy atom. The van der Waals surface area contributed by atoms with E-state index in [-0.39, 0.29) is 11.3 Å². The number of anilines is 2. The van der Waals surface area contributed by atoms with E-state index >= 15 is 0 Å². The van der Waals surface area contributed by atoms with Gasteiger partial charge >= 0.3 is 0 Å². The number of hydrogen-bond acceptors (Lipinski definition) is 15. The Balaban J connectivity index is 0.0000000968. The highest BCUT2D eigenvalue weighted by atomic mass is 16.5. The standard InChI is InChI=1S/C21H15N3.C19H14N2O4.C14H9N3O.C14H9N3.C14H6N2O4/c1-4-10-16(11-5-1)19-22-20(17-12-6-2-7-13-17)24-21(23-19)18-14-8-3-9-15-18;22-15-13-16(9-5-1-3-7-11(9)20-18(13)23)25-17-10-6-2-4-8-12(10)21-19(24)14(15)17;18-13-9-5-1-3-7-11(9)17-12-8-4-2-6-10(12)15-14(17)16-13;1-2-6-10-9(5-1)13-14(16-10)17-12-8-4-3-7-11(12)15-13;17-11-5-1-2-6-10-8(14(20)16-12(6)18)4-3-7(9(5)10)13(19)15-11/h1-15H;1-8,13-14,16-17H,(H,20,23)(H,21,24);1-8H,(H,15,16,18);1-8H,(H,16,17);1-4H,(H,15,17,19)(H,16,18,20). The van der Waals surface area contributed by atoms with Gasteiger partial charge in [-0.1, -0.05) is 182 Å². The van der Waals surface area contributed by atoms with Crippen molar-refractivity contribution in [2.45, 2.75) is 12.2 Å². The van der Waals surface area contributed by atoms with E-state index in [1.54, 1.807) is 12.1 Å². The zero-order chi connectivity index (χ0) is 70.7. The number of Topliss-reactive ketones (excluding diaryl/α,β-unsaturated/α-hetero) is 1. The third-order valence-electron chi connectivity index (χ3n) is 18.6. The number of imidazole rings is 1. The Labute approximate surface area is 587 Å². The van der Waals surface area contributed by atoms with Crippen LogP contribution in [-0.4, -0.2) is 85.5 Å². The molecule has 4 unspecified atom stereocenters. The van der Waals surface area contributed by atoms with Crippen molar-refractivity contribution in [2.24, 2.45) is 11.8 Å². The maximum absolute atomic E-state index is 13.0. The van der Waals surface area contributed by atoms with Gasteiger partial charge in [-0.25, -0.2) is 29.9 Å². The Morgan fingerprint density at radius 1 is 0.337 bits per heavy atom. The number of fused-ring (bicyclic) bond motifs is 15. The summed E-state index contributed by atoms with van der Waals surface area (Å²) in [5.41, 5.74) is 14.3. The Bertz CT molecular complexity index is 5980. The van der Waals surface area contributed by atoms with Crippen LogP contribution in [-0.2, 0) is 19.1 Å². The average molecular weight is 1360 g/mol. The molecule has 1 saturated heterocycles. The van der Waals surface area contributed by atoms with Crippen molar-refractivity contribution in [3.63, 3.8) is 0 Å². The first-order valence-corrected chi connectivity index (χ1v) is 33.1. The van der Waals surface area contributed by atoms with Gasteiger partial charge in [-0.3, -0.25) is 58.4 Å². The zero-order valence-corrected chi connectivity index (χ0v) is 54.4. The number of nitrogens with zero attached hydrogens (tertiary/aromatic N) is 7. The molecule has 500 valence electrons. The third-order valence-corrected chi connectivity index (χ3v) is 18.6. The summed E-state index contributed by atoms with van der Waals surface area (Å²) in [5.74, 6) is -2.70. The number of nitrogens with one attached hydrogen (secondary N) is 6. The number of H-pyrrole nitrogens is 2. The fraction of sp³-hybridized carbons (Fsp3) is 0.0488. The van der Waals surface area contributed by atoms with Crippen molar-refractivity contribution in [1.82, 2.24) is 54.9 Å². The van der Waals surface area contributed by atoms with Gasteiger partial charge in [0.2, 0.25) is 17.6 Å². The van der Waals surface area contributed by atoms with E-state index in [0.717, 1.165) is 77.5 Å². The molecule has 16 aromatic rings. The molecule has 11 aromatic carbocycles. The van der Waals surface area contributed by atoms with Crippen LogP contribution in [0.4, 0.5) is 11.4 Å². The first-order chi connectivity index (χ1) is 50.9. The minimum atomic E-state index is -1.01. The molecule has 0 bridgehead atoms. The highest BCUT2D eigenvalue weighted by Gasteiger charge is 2.55. The molecular formula is C82H53N13O9. The molecule has 0 spiro atoms. The van der Waals surface area contributed by atoms with Crippen LogP contribution < -0.4 is 26.8 Å². The lowest BCUT2D eigenvalue weighted by Crippen LogP contribution is -2.53. The third kappa shape index (κ3) is 11.3. The molecule has 22 nitrogen and oxygen atoms in total. The smallest absolute Gasteiger partial charge is 0.260 e. The van der Waals surface area contributed by atoms with Crippen molar-refractivity contribution >= 4 is 124 Å². The van der Waals surface area contributed by atoms with Crippen molar-refractivity contribution < 1.29 is 38.3 Å². The minimum Gasteiger partial charge on any atom is -0.363 e. The highest BCUT2D eigenvalue weighted by Crippen LogP contribution is 2.51. The van der Waals surface area contributed by atoms with Crippen LogP contribution in [0.15, 0.2) is 266 Å². The number of aromatic amines is 2. The molecule has 4 atom stereocenters. The fourth-order valence-corrected chi connectivity index (χ4v) is 13.8. The molecule has 0 saturated carbocycles. The van der Waals surface area contributed by atoms with Gasteiger partial charge in [-0.2, -0.15) is 0 Å². The van der Waals surface area contributed by atoms with E-state index in [1.165, 1.54) is 24.3 Å². The number of benzene rings is 11. The first-order valence-electron chi connectivity index (χ1n) is 33.1. The predicted octanol–water partition coefficient (Wildman–Crippen LogP) is 13.3. The Kier molecular flexibility index (Phi) is 15.8. The summed E-state index contributed by atoms with van der Waals surface area (Å²) in [4.78, 5) is 131. The number of aromatic nitrogens is 9. The van der Waals surface area contributed by atoms with Gasteiger partial charge in [0.05, 0.1) is 33.0 Å². The Morgan fingerprint density at radius 2 is 0.740 bits per heavy atom. The lowest BCUT2D eigenvalue weighted by molar-refractivity contribution is -0.169. The van der Waals surface area contributed by atoms with E-state index in [4.69, 9.17) is 4.74 Å². The lowest BCUT2D eigenvalue weighted by atomic mass is 9.74. The lowest BCUT2D eigenvalue weighted by Gasteiger charge is -2.44. The summed E-state index contributed by atoms with van der Waals surface area (Å²) in [6, 6.07) is 82.0. The molecule has 0 radical (unpaired) electrons. The zero-order valence-electron chi connectivity index (χ0n) is 54.4. The van der Waals surface area contributed by atoms with Crippen molar-refractivity contribution in [3.05, 3.63) is 305 Å². The molecule has 1 fully saturated rings. The number of carbonyl (C=O) groups excluding carboxylic acids is 7. The van der Waals surface area contributed by atoms with Crippen LogP contribution in [0.3, 0.4) is 0 Å². The van der Waals surface area contributed by atoms with E-state index < -0.39 is 59.5 Å². The average Bonchev–Trinajstić information content (AvgIpc) is 0.987. The number of ether oxygens (including phenoxy) is 1. The van der Waals surface area contributed by atoms with Gasteiger partial charge in [0.1, 0.15) is 29.6 Å². The highest BCUT2D eigenvalue weighted by molar-refractivity contribution is 6.33. The number of ketones is 1. The SMILES string of the molecule is O=C1NC(=O)c2ccc3c4c(ccc1c24)C(=O)NC3=O.O=C1Nc2ccccc2C2OC3c4ccccc4NC(=O)C3C(=O)C12.O=c1[nH]c2nc3ccccc3n2c2ccccc12.c1ccc(-c2nc(-c3ccccc3)nc(-c3ccccc3)n2)cc1.c1ccc2nc3c(nc2c1)[nH]c1ccccc13. The van der Waals surface area contributed by atoms with Gasteiger partial charge in [0.25, 0.3) is 29.2 Å². The summed E-state index contributed by atoms with van der Waals surface area (Å²) in [7, 11) is 0. The predicted molar refractivity (Wildman–Crippen MR) is 392 cm³/mol. The fourth-order valence-electron chi connectivity index (χ4n) is 13.8. The summed E-state index contributed by atoms with van der Waals surface area (Å²) < 4.78 is 8.19. The van der Waals surface area contributed by atoms with Crippen LogP contribution >= 0.6 is 0 Å². The monoisotopic (exact) mass is 1360 g/mol.